The van der Waals surface area contributed by atoms with Crippen LogP contribution in [-0.4, -0.2) is 29.4 Å². The van der Waals surface area contributed by atoms with Gasteiger partial charge in [-0.1, -0.05) is 6.42 Å². The molecule has 0 unspecified atom stereocenters. The van der Waals surface area contributed by atoms with Crippen molar-refractivity contribution < 1.29 is 22.8 Å². The second kappa shape index (κ2) is 7.43. The molecule has 2 amide bonds. The molecule has 0 aliphatic carbocycles. The Morgan fingerprint density at radius 3 is 2.91 bits per heavy atom. The van der Waals surface area contributed by atoms with Crippen LogP contribution in [0.2, 0.25) is 0 Å². The van der Waals surface area contributed by atoms with Gasteiger partial charge in [-0.05, 0) is 25.0 Å². The number of hydrogen-bond donors (Lipinski definition) is 2. The average Bonchev–Trinajstić information content (AvgIpc) is 2.71. The normalized spacial score (nSPS) is 18.9. The van der Waals surface area contributed by atoms with Gasteiger partial charge in [0.15, 0.2) is 0 Å². The molecule has 2 N–H and O–H groups in total. The van der Waals surface area contributed by atoms with Gasteiger partial charge in [0.1, 0.15) is 6.04 Å². The van der Waals surface area contributed by atoms with Gasteiger partial charge in [-0.3, -0.25) is 14.6 Å². The van der Waals surface area contributed by atoms with E-state index in [0.717, 1.165) is 31.2 Å². The number of pyridine rings is 1. The number of amides is 2. The zero-order valence-corrected chi connectivity index (χ0v) is 12.4. The predicted molar refractivity (Wildman–Crippen MR) is 76.4 cm³/mol. The SMILES string of the molecule is O=C1CCCC[C@@H](C(=O)NCCc2cc(C(F)(F)F)ccn2)N1. The Labute approximate surface area is 131 Å². The Kier molecular flexibility index (Phi) is 5.57. The number of carbonyl (C=O) groups is 2. The average molecular weight is 329 g/mol. The first kappa shape index (κ1) is 17.2. The standard InChI is InChI=1S/C15H18F3N3O2/c16-15(17,18)10-5-7-19-11(9-10)6-8-20-14(23)12-3-1-2-4-13(22)21-12/h5,7,9,12H,1-4,6,8H2,(H,20,23)(H,21,22)/t12-/m0/s1. The maximum absolute atomic E-state index is 12.6. The molecule has 5 nitrogen and oxygen atoms in total. The van der Waals surface area contributed by atoms with Crippen molar-refractivity contribution in [3.8, 4) is 0 Å². The van der Waals surface area contributed by atoms with Crippen molar-refractivity contribution in [1.82, 2.24) is 15.6 Å². The third kappa shape index (κ3) is 5.22. The number of halogens is 3. The summed E-state index contributed by atoms with van der Waals surface area (Å²) in [5.41, 5.74) is -0.505. The van der Waals surface area contributed by atoms with E-state index >= 15 is 0 Å². The van der Waals surface area contributed by atoms with E-state index in [1.807, 2.05) is 0 Å². The molecule has 0 spiro atoms. The van der Waals surface area contributed by atoms with Gasteiger partial charge in [-0.2, -0.15) is 13.2 Å². The van der Waals surface area contributed by atoms with E-state index in [1.54, 1.807) is 0 Å². The molecule has 1 aliphatic rings. The van der Waals surface area contributed by atoms with E-state index in [9.17, 15) is 22.8 Å². The first-order valence-electron chi connectivity index (χ1n) is 7.45. The fourth-order valence-corrected chi connectivity index (χ4v) is 2.40. The fraction of sp³-hybridized carbons (Fsp3) is 0.533. The van der Waals surface area contributed by atoms with Crippen LogP contribution in [0.4, 0.5) is 13.2 Å². The molecular formula is C15H18F3N3O2. The third-order valence-corrected chi connectivity index (χ3v) is 3.62. The van der Waals surface area contributed by atoms with E-state index < -0.39 is 17.8 Å². The Morgan fingerprint density at radius 2 is 2.17 bits per heavy atom. The molecule has 126 valence electrons. The van der Waals surface area contributed by atoms with Crippen LogP contribution in [0.3, 0.4) is 0 Å². The van der Waals surface area contributed by atoms with Gasteiger partial charge < -0.3 is 10.6 Å². The highest BCUT2D eigenvalue weighted by atomic mass is 19.4. The molecule has 23 heavy (non-hydrogen) atoms. The topological polar surface area (TPSA) is 71.1 Å². The molecule has 1 aromatic heterocycles. The lowest BCUT2D eigenvalue weighted by Crippen LogP contribution is -2.46. The summed E-state index contributed by atoms with van der Waals surface area (Å²) in [6, 6.07) is 1.31. The fourth-order valence-electron chi connectivity index (χ4n) is 2.40. The van der Waals surface area contributed by atoms with Crippen LogP contribution in [0.5, 0.6) is 0 Å². The Hall–Kier alpha value is -2.12. The highest BCUT2D eigenvalue weighted by Crippen LogP contribution is 2.28. The lowest BCUT2D eigenvalue weighted by atomic mass is 10.1. The molecule has 1 aromatic rings. The molecule has 0 bridgehead atoms. The molecule has 0 radical (unpaired) electrons. The van der Waals surface area contributed by atoms with Crippen molar-refractivity contribution in [2.75, 3.05) is 6.54 Å². The monoisotopic (exact) mass is 329 g/mol. The van der Waals surface area contributed by atoms with E-state index in [-0.39, 0.29) is 30.5 Å². The number of alkyl halides is 3. The van der Waals surface area contributed by atoms with Crippen LogP contribution in [0.25, 0.3) is 0 Å². The van der Waals surface area contributed by atoms with Crippen molar-refractivity contribution in [1.29, 1.82) is 0 Å². The lowest BCUT2D eigenvalue weighted by Gasteiger charge is -2.15. The number of rotatable bonds is 4. The number of aromatic nitrogens is 1. The van der Waals surface area contributed by atoms with Crippen molar-refractivity contribution in [3.63, 3.8) is 0 Å². The minimum absolute atomic E-state index is 0.151. The van der Waals surface area contributed by atoms with Crippen molar-refractivity contribution in [2.45, 2.75) is 44.3 Å². The first-order valence-corrected chi connectivity index (χ1v) is 7.45. The third-order valence-electron chi connectivity index (χ3n) is 3.62. The maximum atomic E-state index is 12.6. The van der Waals surface area contributed by atoms with Crippen LogP contribution in [-0.2, 0) is 22.2 Å². The van der Waals surface area contributed by atoms with Crippen LogP contribution in [0.1, 0.15) is 36.9 Å². The van der Waals surface area contributed by atoms with E-state index in [1.165, 1.54) is 0 Å². The summed E-state index contributed by atoms with van der Waals surface area (Å²) in [7, 11) is 0. The smallest absolute Gasteiger partial charge is 0.354 e. The molecular weight excluding hydrogens is 311 g/mol. The molecule has 8 heteroatoms. The molecule has 2 rings (SSSR count). The lowest BCUT2D eigenvalue weighted by molar-refractivity contribution is -0.137. The summed E-state index contributed by atoms with van der Waals surface area (Å²) in [5.74, 6) is -0.463. The molecule has 1 aliphatic heterocycles. The molecule has 1 fully saturated rings. The van der Waals surface area contributed by atoms with E-state index in [2.05, 4.69) is 15.6 Å². The summed E-state index contributed by atoms with van der Waals surface area (Å²) >= 11 is 0. The summed E-state index contributed by atoms with van der Waals surface area (Å²) in [6.45, 7) is 0.166. The zero-order chi connectivity index (χ0) is 16.9. The predicted octanol–water partition coefficient (Wildman–Crippen LogP) is 1.82. The second-order valence-electron chi connectivity index (χ2n) is 5.44. The van der Waals surface area contributed by atoms with E-state index in [0.29, 0.717) is 12.8 Å². The van der Waals surface area contributed by atoms with Gasteiger partial charge in [0.05, 0.1) is 5.56 Å². The van der Waals surface area contributed by atoms with Crippen molar-refractivity contribution in [3.05, 3.63) is 29.6 Å². The quantitative estimate of drug-likeness (QED) is 0.885. The van der Waals surface area contributed by atoms with Crippen LogP contribution in [0.15, 0.2) is 18.3 Å². The minimum Gasteiger partial charge on any atom is -0.354 e. The van der Waals surface area contributed by atoms with Gasteiger partial charge in [0.2, 0.25) is 11.8 Å². The number of nitrogens with zero attached hydrogens (tertiary/aromatic N) is 1. The van der Waals surface area contributed by atoms with Gasteiger partial charge in [-0.15, -0.1) is 0 Å². The molecule has 1 saturated heterocycles. The second-order valence-corrected chi connectivity index (χ2v) is 5.44. The van der Waals surface area contributed by atoms with Crippen LogP contribution >= 0.6 is 0 Å². The minimum atomic E-state index is -4.41. The molecule has 2 heterocycles. The van der Waals surface area contributed by atoms with Gasteiger partial charge >= 0.3 is 6.18 Å². The van der Waals surface area contributed by atoms with Gasteiger partial charge in [-0.25, -0.2) is 0 Å². The number of hydrogen-bond acceptors (Lipinski definition) is 3. The summed E-state index contributed by atoms with van der Waals surface area (Å²) < 4.78 is 37.8. The van der Waals surface area contributed by atoms with Gasteiger partial charge in [0.25, 0.3) is 0 Å². The Morgan fingerprint density at radius 1 is 1.39 bits per heavy atom. The largest absolute Gasteiger partial charge is 0.416 e. The summed E-state index contributed by atoms with van der Waals surface area (Å²) in [6.07, 6.45) is -0.597. The van der Waals surface area contributed by atoms with Crippen LogP contribution in [0, 0.1) is 0 Å². The first-order chi connectivity index (χ1) is 10.9. The maximum Gasteiger partial charge on any atom is 0.416 e. The molecule has 0 saturated carbocycles. The summed E-state index contributed by atoms with van der Waals surface area (Å²) in [5, 5.41) is 5.27. The van der Waals surface area contributed by atoms with Crippen molar-refractivity contribution >= 4 is 11.8 Å². The molecule has 1 atom stereocenters. The summed E-state index contributed by atoms with van der Waals surface area (Å²) in [4.78, 5) is 27.3. The highest BCUT2D eigenvalue weighted by Gasteiger charge is 2.30. The number of carbonyl (C=O) groups excluding carboxylic acids is 2. The zero-order valence-electron chi connectivity index (χ0n) is 12.4. The van der Waals surface area contributed by atoms with Crippen LogP contribution < -0.4 is 10.6 Å². The van der Waals surface area contributed by atoms with E-state index in [4.69, 9.17) is 0 Å². The molecule has 0 aromatic carbocycles. The van der Waals surface area contributed by atoms with Gasteiger partial charge in [0, 0.05) is 31.3 Å². The Bertz CT molecular complexity index is 575. The Balaban J connectivity index is 1.84. The van der Waals surface area contributed by atoms with Crippen molar-refractivity contribution in [2.24, 2.45) is 0 Å². The number of nitrogens with one attached hydrogen (secondary N) is 2. The highest BCUT2D eigenvalue weighted by molar-refractivity contribution is 5.87.